The van der Waals surface area contributed by atoms with Gasteiger partial charge in [-0.25, -0.2) is 8.42 Å². The van der Waals surface area contributed by atoms with Crippen LogP contribution < -0.4 is 0 Å². The standard InChI is InChI=1S/C20H23ClN2O5S2/c1-12-17-13(24)10-20(2,3)11-14(17)28-18(12)19(25)22-6-8-23(9-7-22)30(26,27)16-5-4-15(21)29-16/h4-5H,6-11H2,1-3H3. The number of fused-ring (bicyclic) bond motifs is 1. The largest absolute Gasteiger partial charge is 0.455 e. The predicted molar refractivity (Wildman–Crippen MR) is 114 cm³/mol. The summed E-state index contributed by atoms with van der Waals surface area (Å²) in [5, 5.41) is 0. The van der Waals surface area contributed by atoms with Gasteiger partial charge in [0.2, 0.25) is 0 Å². The van der Waals surface area contributed by atoms with E-state index >= 15 is 0 Å². The molecule has 1 aliphatic carbocycles. The van der Waals surface area contributed by atoms with Crippen LogP contribution in [0, 0.1) is 12.3 Å². The van der Waals surface area contributed by atoms with Crippen molar-refractivity contribution >= 4 is 44.7 Å². The molecule has 2 aromatic heterocycles. The van der Waals surface area contributed by atoms with Gasteiger partial charge in [-0.2, -0.15) is 4.31 Å². The SMILES string of the molecule is Cc1c(C(=O)N2CCN(S(=O)(=O)c3ccc(Cl)s3)CC2)oc2c1C(=O)CC(C)(C)C2. The zero-order valence-electron chi connectivity index (χ0n) is 17.0. The van der Waals surface area contributed by atoms with Crippen LogP contribution in [0.2, 0.25) is 4.34 Å². The van der Waals surface area contributed by atoms with Crippen molar-refractivity contribution in [3.05, 3.63) is 39.1 Å². The van der Waals surface area contributed by atoms with Gasteiger partial charge in [0.05, 0.1) is 9.90 Å². The molecule has 3 heterocycles. The smallest absolute Gasteiger partial charge is 0.289 e. The molecule has 7 nitrogen and oxygen atoms in total. The molecule has 2 aliphatic rings. The molecule has 0 unspecified atom stereocenters. The summed E-state index contributed by atoms with van der Waals surface area (Å²) in [6.45, 7) is 6.64. The van der Waals surface area contributed by atoms with Crippen LogP contribution in [-0.2, 0) is 16.4 Å². The van der Waals surface area contributed by atoms with E-state index in [-0.39, 0.29) is 53.3 Å². The van der Waals surface area contributed by atoms with E-state index in [0.717, 1.165) is 11.3 Å². The summed E-state index contributed by atoms with van der Waals surface area (Å²) in [7, 11) is -3.62. The van der Waals surface area contributed by atoms with Crippen molar-refractivity contribution in [3.63, 3.8) is 0 Å². The average Bonchev–Trinajstić information content (AvgIpc) is 3.24. The number of nitrogens with zero attached hydrogens (tertiary/aromatic N) is 2. The molecule has 1 fully saturated rings. The number of Topliss-reactive ketones (excluding diaryl/α,β-unsaturated/α-hetero) is 1. The second kappa shape index (κ2) is 7.47. The molecule has 1 saturated heterocycles. The van der Waals surface area contributed by atoms with Gasteiger partial charge in [-0.05, 0) is 24.5 Å². The predicted octanol–water partition coefficient (Wildman–Crippen LogP) is 3.60. The fourth-order valence-electron chi connectivity index (χ4n) is 4.13. The van der Waals surface area contributed by atoms with Crippen LogP contribution >= 0.6 is 22.9 Å². The number of ketones is 1. The van der Waals surface area contributed by atoms with E-state index in [1.54, 1.807) is 17.9 Å². The molecule has 30 heavy (non-hydrogen) atoms. The van der Waals surface area contributed by atoms with E-state index < -0.39 is 10.0 Å². The number of carbonyl (C=O) groups excluding carboxylic acids is 2. The van der Waals surface area contributed by atoms with Crippen molar-refractivity contribution in [2.24, 2.45) is 5.41 Å². The van der Waals surface area contributed by atoms with Crippen LogP contribution in [0.3, 0.4) is 0 Å². The van der Waals surface area contributed by atoms with E-state index in [1.165, 1.54) is 10.4 Å². The Bertz CT molecular complexity index is 1120. The molecule has 0 spiro atoms. The highest BCUT2D eigenvalue weighted by atomic mass is 35.5. The summed E-state index contributed by atoms with van der Waals surface area (Å²) in [4.78, 5) is 27.2. The Kier molecular flexibility index (Phi) is 5.37. The Hall–Kier alpha value is -1.68. The fraction of sp³-hybridized carbons (Fsp3) is 0.500. The van der Waals surface area contributed by atoms with Crippen molar-refractivity contribution in [1.82, 2.24) is 9.21 Å². The maximum absolute atomic E-state index is 13.1. The van der Waals surface area contributed by atoms with Crippen molar-refractivity contribution in [3.8, 4) is 0 Å². The third kappa shape index (κ3) is 3.72. The Balaban J connectivity index is 1.50. The lowest BCUT2D eigenvalue weighted by Gasteiger charge is -2.33. The van der Waals surface area contributed by atoms with Gasteiger partial charge in [0, 0.05) is 44.6 Å². The molecule has 0 atom stereocenters. The normalized spacial score (nSPS) is 19.7. The van der Waals surface area contributed by atoms with E-state index in [4.69, 9.17) is 16.0 Å². The Labute approximate surface area is 184 Å². The number of hydrogen-bond donors (Lipinski definition) is 0. The van der Waals surface area contributed by atoms with Crippen molar-refractivity contribution < 1.29 is 22.4 Å². The Morgan fingerprint density at radius 3 is 2.43 bits per heavy atom. The van der Waals surface area contributed by atoms with Gasteiger partial charge >= 0.3 is 0 Å². The number of piperazine rings is 1. The molecular formula is C20H23ClN2O5S2. The summed E-state index contributed by atoms with van der Waals surface area (Å²) in [5.41, 5.74) is 0.923. The van der Waals surface area contributed by atoms with Crippen LogP contribution in [0.15, 0.2) is 20.8 Å². The van der Waals surface area contributed by atoms with E-state index in [9.17, 15) is 18.0 Å². The van der Waals surface area contributed by atoms with Gasteiger partial charge in [0.1, 0.15) is 9.97 Å². The molecule has 0 N–H and O–H groups in total. The molecular weight excluding hydrogens is 448 g/mol. The van der Waals surface area contributed by atoms with Crippen LogP contribution in [0.25, 0.3) is 0 Å². The van der Waals surface area contributed by atoms with Crippen LogP contribution in [0.1, 0.15) is 52.5 Å². The zero-order chi connectivity index (χ0) is 21.8. The number of carbonyl (C=O) groups is 2. The summed E-state index contributed by atoms with van der Waals surface area (Å²) in [6, 6.07) is 3.05. The number of halogens is 1. The average molecular weight is 471 g/mol. The monoisotopic (exact) mass is 470 g/mol. The highest BCUT2D eigenvalue weighted by Gasteiger charge is 2.39. The first kappa shape index (κ1) is 21.5. The lowest BCUT2D eigenvalue weighted by atomic mass is 9.76. The summed E-state index contributed by atoms with van der Waals surface area (Å²) >= 11 is 6.89. The van der Waals surface area contributed by atoms with Crippen molar-refractivity contribution in [2.45, 2.75) is 37.8 Å². The minimum atomic E-state index is -3.62. The maximum atomic E-state index is 13.1. The second-order valence-electron chi connectivity index (χ2n) is 8.55. The lowest BCUT2D eigenvalue weighted by molar-refractivity contribution is 0.0660. The first-order valence-electron chi connectivity index (χ1n) is 9.70. The van der Waals surface area contributed by atoms with Gasteiger partial charge in [0.15, 0.2) is 11.5 Å². The van der Waals surface area contributed by atoms with Crippen molar-refractivity contribution in [2.75, 3.05) is 26.2 Å². The fourth-order valence-corrected chi connectivity index (χ4v) is 7.18. The van der Waals surface area contributed by atoms with E-state index in [2.05, 4.69) is 0 Å². The third-order valence-corrected chi connectivity index (χ3v) is 9.24. The molecule has 0 bridgehead atoms. The van der Waals surface area contributed by atoms with Crippen LogP contribution in [0.4, 0.5) is 0 Å². The quantitative estimate of drug-likeness (QED) is 0.683. The molecule has 162 valence electrons. The summed E-state index contributed by atoms with van der Waals surface area (Å²) in [6.07, 6.45) is 1.04. The number of thiophene rings is 1. The van der Waals surface area contributed by atoms with Gasteiger partial charge < -0.3 is 9.32 Å². The van der Waals surface area contributed by atoms with Gasteiger partial charge in [0.25, 0.3) is 15.9 Å². The molecule has 0 saturated carbocycles. The summed E-state index contributed by atoms with van der Waals surface area (Å²) < 4.78 is 33.3. The highest BCUT2D eigenvalue weighted by molar-refractivity contribution is 7.91. The van der Waals surface area contributed by atoms with Crippen LogP contribution in [-0.4, -0.2) is 55.5 Å². The van der Waals surface area contributed by atoms with Crippen LogP contribution in [0.5, 0.6) is 0 Å². The minimum absolute atomic E-state index is 0.00655. The number of rotatable bonds is 3. The van der Waals surface area contributed by atoms with Gasteiger partial charge in [-0.3, -0.25) is 9.59 Å². The zero-order valence-corrected chi connectivity index (χ0v) is 19.4. The topological polar surface area (TPSA) is 87.9 Å². The number of hydrogen-bond acceptors (Lipinski definition) is 6. The maximum Gasteiger partial charge on any atom is 0.289 e. The summed E-state index contributed by atoms with van der Waals surface area (Å²) in [5.74, 6) is 0.469. The minimum Gasteiger partial charge on any atom is -0.455 e. The third-order valence-electron chi connectivity index (χ3n) is 5.64. The van der Waals surface area contributed by atoms with Gasteiger partial charge in [-0.1, -0.05) is 25.4 Å². The Morgan fingerprint density at radius 2 is 1.83 bits per heavy atom. The lowest BCUT2D eigenvalue weighted by Crippen LogP contribution is -2.50. The molecule has 0 radical (unpaired) electrons. The first-order valence-corrected chi connectivity index (χ1v) is 12.3. The second-order valence-corrected chi connectivity index (χ2v) is 12.4. The van der Waals surface area contributed by atoms with E-state index in [1.807, 2.05) is 13.8 Å². The molecule has 1 amide bonds. The van der Waals surface area contributed by atoms with Gasteiger partial charge in [-0.15, -0.1) is 11.3 Å². The highest BCUT2D eigenvalue weighted by Crippen LogP contribution is 2.38. The van der Waals surface area contributed by atoms with E-state index in [0.29, 0.717) is 34.1 Å². The molecule has 0 aromatic carbocycles. The molecule has 4 rings (SSSR count). The number of amides is 1. The molecule has 1 aliphatic heterocycles. The molecule has 10 heteroatoms. The molecule has 2 aromatic rings. The number of furan rings is 1. The number of sulfonamides is 1. The first-order chi connectivity index (χ1) is 14.0. The van der Waals surface area contributed by atoms with Crippen molar-refractivity contribution in [1.29, 1.82) is 0 Å². The Morgan fingerprint density at radius 1 is 1.17 bits per heavy atom.